The van der Waals surface area contributed by atoms with Gasteiger partial charge in [0.25, 0.3) is 0 Å². The fourth-order valence-corrected chi connectivity index (χ4v) is 5.33. The third kappa shape index (κ3) is 4.69. The molecule has 0 saturated heterocycles. The van der Waals surface area contributed by atoms with Gasteiger partial charge in [0.1, 0.15) is 11.6 Å². The van der Waals surface area contributed by atoms with Crippen molar-refractivity contribution in [2.24, 2.45) is 11.8 Å². The number of fused-ring (bicyclic) bond motifs is 1. The molecular formula is C26H31N3O3S. The van der Waals surface area contributed by atoms with E-state index in [-0.39, 0.29) is 18.1 Å². The molecule has 1 aliphatic carbocycles. The first kappa shape index (κ1) is 23.5. The Bertz CT molecular complexity index is 1210. The number of hydrogen-bond donors (Lipinski definition) is 1. The summed E-state index contributed by atoms with van der Waals surface area (Å²) in [5.41, 5.74) is 2.38. The van der Waals surface area contributed by atoms with Gasteiger partial charge in [0.05, 0.1) is 16.4 Å². The molecule has 4 rings (SSSR count). The first-order valence-corrected chi connectivity index (χ1v) is 12.3. The monoisotopic (exact) mass is 465 g/mol. The number of rotatable bonds is 9. The van der Waals surface area contributed by atoms with Crippen LogP contribution in [0.3, 0.4) is 0 Å². The molecule has 1 saturated carbocycles. The fourth-order valence-electron chi connectivity index (χ4n) is 4.28. The van der Waals surface area contributed by atoms with E-state index in [0.717, 1.165) is 16.9 Å². The number of nitrogens with zero attached hydrogens (tertiary/aromatic N) is 3. The normalized spacial score (nSPS) is 15.2. The Kier molecular flexibility index (Phi) is 6.36. The summed E-state index contributed by atoms with van der Waals surface area (Å²) < 4.78 is 1.17. The molecule has 1 aliphatic rings. The van der Waals surface area contributed by atoms with Crippen molar-refractivity contribution in [2.75, 3.05) is 0 Å². The van der Waals surface area contributed by atoms with Crippen LogP contribution in [0.1, 0.15) is 64.3 Å². The Hall–Kier alpha value is -2.67. The van der Waals surface area contributed by atoms with Crippen molar-refractivity contribution in [3.8, 4) is 5.69 Å². The highest BCUT2D eigenvalue weighted by atomic mass is 32.2. The van der Waals surface area contributed by atoms with Gasteiger partial charge in [0, 0.05) is 11.8 Å². The first-order chi connectivity index (χ1) is 15.6. The minimum Gasteiger partial charge on any atom is -0.481 e. The summed E-state index contributed by atoms with van der Waals surface area (Å²) in [4.78, 5) is 24.8. The Morgan fingerprint density at radius 1 is 1.12 bits per heavy atom. The van der Waals surface area contributed by atoms with Crippen molar-refractivity contribution in [3.05, 3.63) is 47.8 Å². The number of aromatic nitrogens is 3. The van der Waals surface area contributed by atoms with E-state index in [4.69, 9.17) is 0 Å². The molecule has 6 nitrogen and oxygen atoms in total. The second-order valence-corrected chi connectivity index (χ2v) is 11.4. The molecule has 3 aromatic rings. The second-order valence-electron chi connectivity index (χ2n) is 9.79. The number of aliphatic carboxylic acids is 1. The van der Waals surface area contributed by atoms with Crippen molar-refractivity contribution < 1.29 is 14.7 Å². The lowest BCUT2D eigenvalue weighted by Crippen LogP contribution is -2.33. The van der Waals surface area contributed by atoms with Crippen molar-refractivity contribution in [2.45, 2.75) is 69.7 Å². The minimum atomic E-state index is -0.930. The van der Waals surface area contributed by atoms with Crippen LogP contribution in [0.4, 0.5) is 0 Å². The number of carbonyl (C=O) groups is 2. The molecule has 1 aromatic heterocycles. The highest BCUT2D eigenvalue weighted by molar-refractivity contribution is 8.01. The molecule has 33 heavy (non-hydrogen) atoms. The van der Waals surface area contributed by atoms with Crippen LogP contribution in [-0.4, -0.2) is 36.4 Å². The summed E-state index contributed by atoms with van der Waals surface area (Å²) in [6.07, 6.45) is 2.47. The molecule has 0 radical (unpaired) electrons. The van der Waals surface area contributed by atoms with Gasteiger partial charge in [-0.1, -0.05) is 55.9 Å². The predicted molar refractivity (Wildman–Crippen MR) is 131 cm³/mol. The average molecular weight is 466 g/mol. The molecule has 0 spiro atoms. The zero-order valence-electron chi connectivity index (χ0n) is 19.8. The highest BCUT2D eigenvalue weighted by Crippen LogP contribution is 2.44. The fraction of sp³-hybridized carbons (Fsp3) is 0.462. The van der Waals surface area contributed by atoms with E-state index in [1.54, 1.807) is 0 Å². The molecule has 1 heterocycles. The van der Waals surface area contributed by atoms with Crippen molar-refractivity contribution in [1.82, 2.24) is 14.8 Å². The molecule has 2 aromatic carbocycles. The summed E-state index contributed by atoms with van der Waals surface area (Å²) in [7, 11) is 0. The van der Waals surface area contributed by atoms with E-state index in [1.807, 2.05) is 45.3 Å². The zero-order valence-corrected chi connectivity index (χ0v) is 20.6. The largest absolute Gasteiger partial charge is 0.481 e. The van der Waals surface area contributed by atoms with Crippen LogP contribution in [-0.2, 0) is 9.59 Å². The number of ketones is 1. The van der Waals surface area contributed by atoms with Gasteiger partial charge in [-0.3, -0.25) is 14.2 Å². The van der Waals surface area contributed by atoms with Crippen LogP contribution >= 0.6 is 11.8 Å². The molecule has 174 valence electrons. The first-order valence-electron chi connectivity index (χ1n) is 11.5. The minimum absolute atomic E-state index is 0.000858. The summed E-state index contributed by atoms with van der Waals surface area (Å²) in [6.45, 7) is 9.25. The summed E-state index contributed by atoms with van der Waals surface area (Å²) in [5, 5.41) is 21.3. The summed E-state index contributed by atoms with van der Waals surface area (Å²) >= 11 is 1.34. The summed E-state index contributed by atoms with van der Waals surface area (Å²) in [5.74, 6) is -0.462. The van der Waals surface area contributed by atoms with E-state index < -0.39 is 16.6 Å². The number of hydrogen-bond acceptors (Lipinski definition) is 5. The van der Waals surface area contributed by atoms with Gasteiger partial charge in [-0.05, 0) is 62.5 Å². The number of carbonyl (C=O) groups excluding carboxylic acids is 1. The van der Waals surface area contributed by atoms with E-state index in [9.17, 15) is 14.7 Å². The highest BCUT2D eigenvalue weighted by Gasteiger charge is 2.36. The number of benzene rings is 2. The van der Waals surface area contributed by atoms with Crippen molar-refractivity contribution in [3.63, 3.8) is 0 Å². The molecular weight excluding hydrogens is 434 g/mol. The average Bonchev–Trinajstić information content (AvgIpc) is 3.54. The van der Waals surface area contributed by atoms with Gasteiger partial charge in [-0.2, -0.15) is 0 Å². The molecule has 1 atom stereocenters. The van der Waals surface area contributed by atoms with Gasteiger partial charge in [-0.25, -0.2) is 0 Å². The lowest BCUT2D eigenvalue weighted by molar-refractivity contribution is -0.145. The number of carboxylic acids is 1. The van der Waals surface area contributed by atoms with Crippen molar-refractivity contribution >= 4 is 34.3 Å². The van der Waals surface area contributed by atoms with E-state index in [0.29, 0.717) is 11.1 Å². The van der Waals surface area contributed by atoms with E-state index in [1.165, 1.54) is 35.6 Å². The number of Topliss-reactive ketones (excluding diaryl/α,β-unsaturated/α-hetero) is 1. The molecule has 0 amide bonds. The topological polar surface area (TPSA) is 85.1 Å². The van der Waals surface area contributed by atoms with Crippen LogP contribution in [0, 0.1) is 18.8 Å². The molecule has 0 bridgehead atoms. The van der Waals surface area contributed by atoms with Crippen LogP contribution in [0.15, 0.2) is 41.6 Å². The lowest BCUT2D eigenvalue weighted by atomic mass is 9.88. The zero-order chi connectivity index (χ0) is 23.9. The third-order valence-electron chi connectivity index (χ3n) is 6.53. The maximum atomic E-state index is 13.1. The Morgan fingerprint density at radius 3 is 2.39 bits per heavy atom. The molecule has 1 unspecified atom stereocenters. The smallest absolute Gasteiger partial charge is 0.307 e. The van der Waals surface area contributed by atoms with Crippen LogP contribution in [0.2, 0.25) is 0 Å². The maximum Gasteiger partial charge on any atom is 0.307 e. The van der Waals surface area contributed by atoms with E-state index in [2.05, 4.69) is 40.5 Å². The van der Waals surface area contributed by atoms with Gasteiger partial charge in [-0.15, -0.1) is 10.2 Å². The number of carboxylic acid groups (broad SMARTS) is 1. The predicted octanol–water partition coefficient (Wildman–Crippen LogP) is 5.79. The summed E-state index contributed by atoms with van der Waals surface area (Å²) in [6, 6.07) is 12.7. The van der Waals surface area contributed by atoms with Gasteiger partial charge in [0.15, 0.2) is 5.16 Å². The van der Waals surface area contributed by atoms with Crippen molar-refractivity contribution in [1.29, 1.82) is 0 Å². The number of aryl methyl sites for hydroxylation is 1. The second kappa shape index (κ2) is 8.93. The molecule has 0 aliphatic heterocycles. The maximum absolute atomic E-state index is 13.1. The number of thioether (sulfide) groups is 1. The Morgan fingerprint density at radius 2 is 1.79 bits per heavy atom. The molecule has 7 heteroatoms. The van der Waals surface area contributed by atoms with Crippen LogP contribution in [0.5, 0.6) is 0 Å². The van der Waals surface area contributed by atoms with E-state index >= 15 is 0 Å². The Balaban J connectivity index is 1.69. The van der Waals surface area contributed by atoms with Gasteiger partial charge >= 0.3 is 5.97 Å². The quantitative estimate of drug-likeness (QED) is 0.402. The third-order valence-corrected chi connectivity index (χ3v) is 7.72. The molecule has 1 fully saturated rings. The van der Waals surface area contributed by atoms with Gasteiger partial charge < -0.3 is 5.11 Å². The van der Waals surface area contributed by atoms with Crippen LogP contribution in [0.25, 0.3) is 16.5 Å². The SMILES string of the molecule is Cc1nnc(SC(C)(C)C(=O)CC(C(=O)O)C(C)C)n1-c1ccc(C2CC2)c2ccccc12. The van der Waals surface area contributed by atoms with Crippen LogP contribution < -0.4 is 0 Å². The lowest BCUT2D eigenvalue weighted by Gasteiger charge is -2.25. The Labute approximate surface area is 198 Å². The van der Waals surface area contributed by atoms with Gasteiger partial charge in [0.2, 0.25) is 0 Å². The molecule has 1 N–H and O–H groups in total. The standard InChI is InChI=1S/C26H31N3O3S/c1-15(2)21(24(31)32)14-23(30)26(4,5)33-25-28-27-16(3)29(25)22-13-12-18(17-10-11-17)19-8-6-7-9-20(19)22/h6-9,12-13,15,17,21H,10-11,14H2,1-5H3,(H,31,32).